The number of nitriles is 1. The molecule has 0 bridgehead atoms. The summed E-state index contributed by atoms with van der Waals surface area (Å²) < 4.78 is 5.94. The smallest absolute Gasteiger partial charge is 0.309 e. The van der Waals surface area contributed by atoms with E-state index in [1.807, 2.05) is 0 Å². The Kier molecular flexibility index (Phi) is 7.84. The summed E-state index contributed by atoms with van der Waals surface area (Å²) >= 11 is 0. The van der Waals surface area contributed by atoms with Crippen molar-refractivity contribution >= 4 is 5.97 Å². The number of hydrogen-bond acceptors (Lipinski definition) is 3. The van der Waals surface area contributed by atoms with Gasteiger partial charge in [0.1, 0.15) is 6.10 Å². The number of hydrogen-bond donors (Lipinski definition) is 0. The van der Waals surface area contributed by atoms with Gasteiger partial charge in [0.05, 0.1) is 17.4 Å². The molecule has 0 heterocycles. The van der Waals surface area contributed by atoms with Crippen molar-refractivity contribution in [3.05, 3.63) is 0 Å². The van der Waals surface area contributed by atoms with Crippen molar-refractivity contribution < 1.29 is 9.53 Å². The van der Waals surface area contributed by atoms with Gasteiger partial charge >= 0.3 is 5.97 Å². The van der Waals surface area contributed by atoms with E-state index < -0.39 is 0 Å². The van der Waals surface area contributed by atoms with E-state index in [1.165, 1.54) is 44.9 Å². The summed E-state index contributed by atoms with van der Waals surface area (Å²) in [5.41, 5.74) is -0.0330. The molecule has 3 aliphatic carbocycles. The fraction of sp³-hybridized carbons (Fsp3) is 0.920. The fourth-order valence-electron chi connectivity index (χ4n) is 6.31. The first-order valence-corrected chi connectivity index (χ1v) is 12.2. The first-order chi connectivity index (χ1) is 13.6. The van der Waals surface area contributed by atoms with Crippen molar-refractivity contribution in [3.8, 4) is 6.07 Å². The molecule has 3 nitrogen and oxygen atoms in total. The number of esters is 1. The van der Waals surface area contributed by atoms with Crippen molar-refractivity contribution in [1.29, 1.82) is 5.26 Å². The Hall–Kier alpha value is -1.04. The largest absolute Gasteiger partial charge is 0.462 e. The molecule has 0 aromatic rings. The minimum atomic E-state index is -0.0330. The number of ether oxygens (including phenoxy) is 1. The molecule has 0 aromatic heterocycles. The fourth-order valence-corrected chi connectivity index (χ4v) is 6.31. The molecule has 0 amide bonds. The normalized spacial score (nSPS) is 39.1. The van der Waals surface area contributed by atoms with Gasteiger partial charge in [0.25, 0.3) is 0 Å². The summed E-state index contributed by atoms with van der Waals surface area (Å²) in [5, 5.41) is 9.63. The summed E-state index contributed by atoms with van der Waals surface area (Å²) in [6.07, 6.45) is 17.2. The quantitative estimate of drug-likeness (QED) is 0.471. The lowest BCUT2D eigenvalue weighted by atomic mass is 9.64. The molecule has 0 spiro atoms. The van der Waals surface area contributed by atoms with Crippen LogP contribution in [0, 0.1) is 40.4 Å². The molecule has 0 atom stereocenters. The zero-order chi connectivity index (χ0) is 20.0. The van der Waals surface area contributed by atoms with Crippen LogP contribution in [0.4, 0.5) is 0 Å². The third-order valence-electron chi connectivity index (χ3n) is 8.38. The van der Waals surface area contributed by atoms with E-state index in [0.29, 0.717) is 0 Å². The Morgan fingerprint density at radius 2 is 1.54 bits per heavy atom. The molecule has 0 aliphatic heterocycles. The van der Waals surface area contributed by atoms with Gasteiger partial charge < -0.3 is 4.74 Å². The van der Waals surface area contributed by atoms with Crippen LogP contribution in [0.2, 0.25) is 0 Å². The summed E-state index contributed by atoms with van der Waals surface area (Å²) in [5.74, 6) is 2.66. The highest BCUT2D eigenvalue weighted by atomic mass is 16.5. The molecule has 3 fully saturated rings. The maximum atomic E-state index is 12.6. The zero-order valence-electron chi connectivity index (χ0n) is 18.3. The van der Waals surface area contributed by atoms with Crippen LogP contribution in [-0.4, -0.2) is 12.1 Å². The Labute approximate surface area is 172 Å². The van der Waals surface area contributed by atoms with Crippen LogP contribution in [0.25, 0.3) is 0 Å². The van der Waals surface area contributed by atoms with E-state index in [4.69, 9.17) is 4.74 Å². The molecule has 0 N–H and O–H groups in total. The summed E-state index contributed by atoms with van der Waals surface area (Å²) in [6, 6.07) is 2.65. The first kappa shape index (κ1) is 21.7. The summed E-state index contributed by atoms with van der Waals surface area (Å²) in [6.45, 7) is 4.46. The zero-order valence-corrected chi connectivity index (χ0v) is 18.3. The van der Waals surface area contributed by atoms with Gasteiger partial charge in [0.2, 0.25) is 0 Å². The standard InChI is InChI=1S/C25H41NO2/c1-3-15-25(18-26)16-13-21(14-17-25)20-9-11-23(12-10-20)28-24(27)22-7-5-19(4-2)6-8-22/h19-23H,3-17H2,1-2H3/t19-,20?,21?,22-,23?,25?. The van der Waals surface area contributed by atoms with E-state index in [9.17, 15) is 10.1 Å². The summed E-state index contributed by atoms with van der Waals surface area (Å²) in [7, 11) is 0. The van der Waals surface area contributed by atoms with Gasteiger partial charge in [-0.2, -0.15) is 5.26 Å². The van der Waals surface area contributed by atoms with E-state index in [-0.39, 0.29) is 23.4 Å². The Morgan fingerprint density at radius 3 is 2.07 bits per heavy atom. The predicted molar refractivity (Wildman–Crippen MR) is 112 cm³/mol. The van der Waals surface area contributed by atoms with E-state index in [2.05, 4.69) is 19.9 Å². The first-order valence-electron chi connectivity index (χ1n) is 12.2. The number of nitrogens with zero attached hydrogens (tertiary/aromatic N) is 1. The van der Waals surface area contributed by atoms with Gasteiger partial charge in [-0.05, 0) is 101 Å². The molecule has 0 aromatic carbocycles. The molecular weight excluding hydrogens is 346 g/mol. The topological polar surface area (TPSA) is 50.1 Å². The molecule has 0 unspecified atom stereocenters. The lowest BCUT2D eigenvalue weighted by molar-refractivity contribution is -0.157. The van der Waals surface area contributed by atoms with Crippen LogP contribution in [0.5, 0.6) is 0 Å². The molecule has 3 rings (SSSR count). The average Bonchev–Trinajstić information content (AvgIpc) is 2.75. The van der Waals surface area contributed by atoms with Crippen molar-refractivity contribution in [2.45, 2.75) is 116 Å². The second-order valence-corrected chi connectivity index (χ2v) is 10.1. The van der Waals surface area contributed by atoms with Gasteiger partial charge in [-0.1, -0.05) is 26.7 Å². The van der Waals surface area contributed by atoms with E-state index in [1.54, 1.807) is 0 Å². The van der Waals surface area contributed by atoms with Crippen LogP contribution in [0.15, 0.2) is 0 Å². The van der Waals surface area contributed by atoms with Crippen LogP contribution in [0.3, 0.4) is 0 Å². The molecule has 0 saturated heterocycles. The van der Waals surface area contributed by atoms with Gasteiger partial charge in [0.15, 0.2) is 0 Å². The lowest BCUT2D eigenvalue weighted by Crippen LogP contribution is -2.34. The van der Waals surface area contributed by atoms with Crippen molar-refractivity contribution in [2.75, 3.05) is 0 Å². The number of rotatable bonds is 6. The molecule has 3 saturated carbocycles. The third-order valence-corrected chi connectivity index (χ3v) is 8.38. The number of carbonyl (C=O) groups is 1. The molecule has 0 radical (unpaired) electrons. The van der Waals surface area contributed by atoms with Crippen molar-refractivity contribution in [3.63, 3.8) is 0 Å². The predicted octanol–water partition coefficient (Wildman–Crippen LogP) is 6.81. The molecule has 3 heteroatoms. The van der Waals surface area contributed by atoms with E-state index in [0.717, 1.165) is 69.1 Å². The van der Waals surface area contributed by atoms with Gasteiger partial charge in [-0.3, -0.25) is 4.79 Å². The minimum Gasteiger partial charge on any atom is -0.462 e. The number of carbonyl (C=O) groups excluding carboxylic acids is 1. The Bertz CT molecular complexity index is 527. The van der Waals surface area contributed by atoms with Crippen LogP contribution in [-0.2, 0) is 9.53 Å². The average molecular weight is 388 g/mol. The molecular formula is C25H41NO2. The maximum absolute atomic E-state index is 12.6. The Balaban J connectivity index is 1.38. The molecule has 3 aliphatic rings. The molecule has 158 valence electrons. The van der Waals surface area contributed by atoms with Crippen LogP contribution < -0.4 is 0 Å². The summed E-state index contributed by atoms with van der Waals surface area (Å²) in [4.78, 5) is 12.6. The van der Waals surface area contributed by atoms with E-state index >= 15 is 0 Å². The third kappa shape index (κ3) is 5.31. The van der Waals surface area contributed by atoms with Gasteiger partial charge in [0, 0.05) is 0 Å². The second kappa shape index (κ2) is 10.1. The van der Waals surface area contributed by atoms with Crippen LogP contribution >= 0.6 is 0 Å². The minimum absolute atomic E-state index is 0.0330. The van der Waals surface area contributed by atoms with Gasteiger partial charge in [-0.15, -0.1) is 0 Å². The lowest BCUT2D eigenvalue weighted by Gasteiger charge is -2.40. The highest BCUT2D eigenvalue weighted by Crippen LogP contribution is 2.47. The second-order valence-electron chi connectivity index (χ2n) is 10.1. The van der Waals surface area contributed by atoms with Crippen LogP contribution in [0.1, 0.15) is 110 Å². The van der Waals surface area contributed by atoms with Gasteiger partial charge in [-0.25, -0.2) is 0 Å². The highest BCUT2D eigenvalue weighted by Gasteiger charge is 2.38. The monoisotopic (exact) mass is 387 g/mol. The molecule has 28 heavy (non-hydrogen) atoms. The van der Waals surface area contributed by atoms with Crippen molar-refractivity contribution in [1.82, 2.24) is 0 Å². The SMILES string of the molecule is CCCC1(C#N)CCC(C2CCC(OC(=O)[C@H]3CC[C@H](CC)CC3)CC2)CC1. The highest BCUT2D eigenvalue weighted by molar-refractivity contribution is 5.72. The maximum Gasteiger partial charge on any atom is 0.309 e. The Morgan fingerprint density at radius 1 is 0.929 bits per heavy atom. The van der Waals surface area contributed by atoms with Crippen molar-refractivity contribution in [2.24, 2.45) is 29.1 Å².